The Hall–Kier alpha value is -1.55. The van der Waals surface area contributed by atoms with Crippen molar-refractivity contribution in [3.63, 3.8) is 0 Å². The molecule has 4 heteroatoms. The number of carbonyl (C=O) groups excluding carboxylic acids is 1. The minimum atomic E-state index is -0.130. The summed E-state index contributed by atoms with van der Waals surface area (Å²) in [6.07, 6.45) is 2.41. The lowest BCUT2D eigenvalue weighted by atomic mass is 10.1. The predicted octanol–water partition coefficient (Wildman–Crippen LogP) is 1.63. The number of benzene rings is 1. The van der Waals surface area contributed by atoms with Gasteiger partial charge in [0.2, 0.25) is 0 Å². The summed E-state index contributed by atoms with van der Waals surface area (Å²) in [6.45, 7) is 0.623. The molecule has 0 aromatic heterocycles. The maximum Gasteiger partial charge on any atom is 0.180 e. The van der Waals surface area contributed by atoms with Crippen molar-refractivity contribution < 1.29 is 14.3 Å². The van der Waals surface area contributed by atoms with Gasteiger partial charge in [-0.15, -0.1) is 0 Å². The second-order valence-corrected chi connectivity index (χ2v) is 4.22. The lowest BCUT2D eigenvalue weighted by Crippen LogP contribution is -2.15. The molecule has 0 spiro atoms. The maximum atomic E-state index is 11.7. The zero-order chi connectivity index (χ0) is 12.3. The van der Waals surface area contributed by atoms with E-state index in [4.69, 9.17) is 15.2 Å². The second kappa shape index (κ2) is 5.19. The first kappa shape index (κ1) is 11.9. The third-order valence-corrected chi connectivity index (χ3v) is 2.84. The summed E-state index contributed by atoms with van der Waals surface area (Å²) >= 11 is 0. The monoisotopic (exact) mass is 235 g/mol. The van der Waals surface area contributed by atoms with Crippen LogP contribution in [0.4, 0.5) is 0 Å². The Balaban J connectivity index is 2.24. The fourth-order valence-corrected chi connectivity index (χ4v) is 1.64. The van der Waals surface area contributed by atoms with E-state index in [-0.39, 0.29) is 12.3 Å². The van der Waals surface area contributed by atoms with Crippen molar-refractivity contribution in [3.8, 4) is 11.5 Å². The SMILES string of the molecule is COc1cccc(C(=O)CN)c1OCC1CC1. The summed E-state index contributed by atoms with van der Waals surface area (Å²) in [7, 11) is 1.57. The average Bonchev–Trinajstić information content (AvgIpc) is 3.18. The van der Waals surface area contributed by atoms with Crippen LogP contribution in [0.3, 0.4) is 0 Å². The topological polar surface area (TPSA) is 61.5 Å². The van der Waals surface area contributed by atoms with E-state index in [9.17, 15) is 4.79 Å². The summed E-state index contributed by atoms with van der Waals surface area (Å²) in [6, 6.07) is 5.28. The van der Waals surface area contributed by atoms with Crippen LogP contribution in [-0.2, 0) is 0 Å². The smallest absolute Gasteiger partial charge is 0.180 e. The number of nitrogens with two attached hydrogens (primary N) is 1. The molecule has 2 N–H and O–H groups in total. The molecule has 0 amide bonds. The molecule has 1 aromatic rings. The predicted molar refractivity (Wildman–Crippen MR) is 64.6 cm³/mol. The minimum absolute atomic E-state index is 0.0209. The van der Waals surface area contributed by atoms with Gasteiger partial charge in [0.05, 0.1) is 25.8 Å². The van der Waals surface area contributed by atoms with Crippen molar-refractivity contribution in [1.29, 1.82) is 0 Å². The van der Waals surface area contributed by atoms with Gasteiger partial charge in [-0.2, -0.15) is 0 Å². The van der Waals surface area contributed by atoms with Gasteiger partial charge in [0.25, 0.3) is 0 Å². The van der Waals surface area contributed by atoms with Crippen molar-refractivity contribution in [2.75, 3.05) is 20.3 Å². The lowest BCUT2D eigenvalue weighted by molar-refractivity contribution is 0.0996. The molecule has 4 nitrogen and oxygen atoms in total. The molecule has 1 fully saturated rings. The van der Waals surface area contributed by atoms with Gasteiger partial charge in [-0.3, -0.25) is 4.79 Å². The fourth-order valence-electron chi connectivity index (χ4n) is 1.64. The Morgan fingerprint density at radius 3 is 2.82 bits per heavy atom. The molecule has 0 radical (unpaired) electrons. The molecular weight excluding hydrogens is 218 g/mol. The second-order valence-electron chi connectivity index (χ2n) is 4.22. The standard InChI is InChI=1S/C13H17NO3/c1-16-12-4-2-3-10(11(15)7-14)13(12)17-8-9-5-6-9/h2-4,9H,5-8,14H2,1H3. The highest BCUT2D eigenvalue weighted by atomic mass is 16.5. The molecule has 1 aromatic carbocycles. The average molecular weight is 235 g/mol. The first-order valence-electron chi connectivity index (χ1n) is 5.79. The zero-order valence-corrected chi connectivity index (χ0v) is 9.94. The largest absolute Gasteiger partial charge is 0.493 e. The summed E-state index contributed by atoms with van der Waals surface area (Å²) in [5, 5.41) is 0. The van der Waals surface area contributed by atoms with Gasteiger partial charge in [-0.1, -0.05) is 6.07 Å². The Kier molecular flexibility index (Phi) is 3.64. The van der Waals surface area contributed by atoms with Crippen molar-refractivity contribution in [3.05, 3.63) is 23.8 Å². The van der Waals surface area contributed by atoms with Crippen molar-refractivity contribution in [1.82, 2.24) is 0 Å². The molecule has 1 aliphatic rings. The van der Waals surface area contributed by atoms with E-state index in [0.29, 0.717) is 29.6 Å². The van der Waals surface area contributed by atoms with Crippen LogP contribution in [-0.4, -0.2) is 26.0 Å². The molecule has 1 saturated carbocycles. The van der Waals surface area contributed by atoms with E-state index >= 15 is 0 Å². The van der Waals surface area contributed by atoms with Crippen LogP contribution < -0.4 is 15.2 Å². The minimum Gasteiger partial charge on any atom is -0.493 e. The van der Waals surface area contributed by atoms with Crippen LogP contribution in [0.2, 0.25) is 0 Å². The number of rotatable bonds is 6. The molecule has 0 bridgehead atoms. The lowest BCUT2D eigenvalue weighted by Gasteiger charge is -2.13. The van der Waals surface area contributed by atoms with E-state index in [1.165, 1.54) is 12.8 Å². The van der Waals surface area contributed by atoms with E-state index in [1.54, 1.807) is 25.3 Å². The van der Waals surface area contributed by atoms with E-state index in [0.717, 1.165) is 0 Å². The van der Waals surface area contributed by atoms with Crippen LogP contribution >= 0.6 is 0 Å². The number of ether oxygens (including phenoxy) is 2. The van der Waals surface area contributed by atoms with Gasteiger partial charge < -0.3 is 15.2 Å². The first-order valence-corrected chi connectivity index (χ1v) is 5.79. The van der Waals surface area contributed by atoms with Crippen molar-refractivity contribution >= 4 is 5.78 Å². The molecular formula is C13H17NO3. The molecule has 1 aliphatic carbocycles. The summed E-state index contributed by atoms with van der Waals surface area (Å²) in [5.74, 6) is 1.61. The number of ketones is 1. The number of Topliss-reactive ketones (excluding diaryl/α,β-unsaturated/α-hetero) is 1. The van der Waals surface area contributed by atoms with Crippen LogP contribution in [0.1, 0.15) is 23.2 Å². The van der Waals surface area contributed by atoms with E-state index in [2.05, 4.69) is 0 Å². The summed E-state index contributed by atoms with van der Waals surface area (Å²) in [5.41, 5.74) is 5.89. The Morgan fingerprint density at radius 2 is 2.24 bits per heavy atom. The number of methoxy groups -OCH3 is 1. The molecule has 0 unspecified atom stereocenters. The van der Waals surface area contributed by atoms with Gasteiger partial charge in [-0.05, 0) is 30.9 Å². The molecule has 92 valence electrons. The van der Waals surface area contributed by atoms with E-state index < -0.39 is 0 Å². The Bertz CT molecular complexity index is 413. The van der Waals surface area contributed by atoms with Crippen LogP contribution in [0.5, 0.6) is 11.5 Å². The number of para-hydroxylation sites is 1. The Labute approximate surface area is 101 Å². The molecule has 17 heavy (non-hydrogen) atoms. The van der Waals surface area contributed by atoms with Crippen molar-refractivity contribution in [2.45, 2.75) is 12.8 Å². The van der Waals surface area contributed by atoms with Gasteiger partial charge in [0.15, 0.2) is 17.3 Å². The quantitative estimate of drug-likeness (QED) is 0.761. The van der Waals surface area contributed by atoms with Crippen molar-refractivity contribution in [2.24, 2.45) is 11.7 Å². The van der Waals surface area contributed by atoms with Crippen LogP contribution in [0.25, 0.3) is 0 Å². The highest BCUT2D eigenvalue weighted by Crippen LogP contribution is 2.35. The third-order valence-electron chi connectivity index (χ3n) is 2.84. The first-order chi connectivity index (χ1) is 8.26. The molecule has 0 aliphatic heterocycles. The van der Waals surface area contributed by atoms with Gasteiger partial charge in [0.1, 0.15) is 0 Å². The molecule has 0 saturated heterocycles. The van der Waals surface area contributed by atoms with Gasteiger partial charge in [0, 0.05) is 0 Å². The number of hydrogen-bond donors (Lipinski definition) is 1. The highest BCUT2D eigenvalue weighted by Gasteiger charge is 2.24. The highest BCUT2D eigenvalue weighted by molar-refractivity contribution is 6.00. The third kappa shape index (κ3) is 2.77. The normalized spacial score (nSPS) is 14.5. The molecule has 0 heterocycles. The maximum absolute atomic E-state index is 11.7. The van der Waals surface area contributed by atoms with Gasteiger partial charge >= 0.3 is 0 Å². The van der Waals surface area contributed by atoms with Gasteiger partial charge in [-0.25, -0.2) is 0 Å². The van der Waals surface area contributed by atoms with Crippen LogP contribution in [0, 0.1) is 5.92 Å². The number of hydrogen-bond acceptors (Lipinski definition) is 4. The Morgan fingerprint density at radius 1 is 1.47 bits per heavy atom. The zero-order valence-electron chi connectivity index (χ0n) is 9.94. The molecule has 2 rings (SSSR count). The van der Waals surface area contributed by atoms with Crippen LogP contribution in [0.15, 0.2) is 18.2 Å². The number of carbonyl (C=O) groups is 1. The fraction of sp³-hybridized carbons (Fsp3) is 0.462. The van der Waals surface area contributed by atoms with E-state index in [1.807, 2.05) is 0 Å². The summed E-state index contributed by atoms with van der Waals surface area (Å²) < 4.78 is 10.9. The summed E-state index contributed by atoms with van der Waals surface area (Å²) in [4.78, 5) is 11.7. The molecule has 0 atom stereocenters.